The zero-order valence-electron chi connectivity index (χ0n) is 42.0. The number of rotatable bonds is 9. The number of benzene rings is 9. The molecule has 0 spiro atoms. The van der Waals surface area contributed by atoms with Gasteiger partial charge in [-0.2, -0.15) is 5.26 Å². The Bertz CT molecular complexity index is 4080. The summed E-state index contributed by atoms with van der Waals surface area (Å²) < 4.78 is 0. The Morgan fingerprint density at radius 3 is 1.05 bits per heavy atom. The van der Waals surface area contributed by atoms with Crippen LogP contribution in [-0.4, -0.2) is 29.9 Å². The summed E-state index contributed by atoms with van der Waals surface area (Å²) in [5.74, 6) is 0. The average Bonchev–Trinajstić information content (AvgIpc) is 3.54. The molecule has 0 aliphatic rings. The van der Waals surface area contributed by atoms with E-state index in [1.165, 1.54) is 0 Å². The maximum absolute atomic E-state index is 8.98. The van der Waals surface area contributed by atoms with Crippen molar-refractivity contribution in [1.29, 1.82) is 5.26 Å². The third-order valence-electron chi connectivity index (χ3n) is 12.5. The van der Waals surface area contributed by atoms with E-state index in [1.807, 2.05) is 231 Å². The fourth-order valence-electron chi connectivity index (χ4n) is 8.63. The molecule has 0 saturated carbocycles. The van der Waals surface area contributed by atoms with E-state index in [0.717, 1.165) is 95.6 Å². The second-order valence-electron chi connectivity index (χ2n) is 17.5. The molecule has 0 aliphatic carbocycles. The van der Waals surface area contributed by atoms with Gasteiger partial charge in [-0.05, 0) is 23.8 Å². The third-order valence-corrected chi connectivity index (χ3v) is 12.5. The molecule has 0 atom stereocenters. The van der Waals surface area contributed by atoms with Crippen molar-refractivity contribution in [3.8, 4) is 107 Å². The van der Waals surface area contributed by atoms with Crippen LogP contribution in [0, 0.1) is 24.5 Å². The molecule has 3 aromatic heterocycles. The zero-order valence-corrected chi connectivity index (χ0v) is 42.0. The predicted octanol–water partition coefficient (Wildman–Crippen LogP) is 17.4. The van der Waals surface area contributed by atoms with Crippen molar-refractivity contribution in [2.75, 3.05) is 0 Å². The van der Waals surface area contributed by atoms with Crippen LogP contribution >= 0.6 is 0 Å². The highest BCUT2D eigenvalue weighted by Crippen LogP contribution is 2.36. The van der Waals surface area contributed by atoms with Gasteiger partial charge >= 0.3 is 0 Å². The summed E-state index contributed by atoms with van der Waals surface area (Å²) in [6.45, 7) is 14.6. The minimum absolute atomic E-state index is 0.577. The summed E-state index contributed by atoms with van der Waals surface area (Å²) in [6.07, 6.45) is 5.31. The Labute approximate surface area is 453 Å². The summed E-state index contributed by atoms with van der Waals surface area (Å²) in [4.78, 5) is 36.0. The van der Waals surface area contributed by atoms with Crippen molar-refractivity contribution in [2.24, 2.45) is 0 Å². The average molecular weight is 1000 g/mol. The van der Waals surface area contributed by atoms with Crippen LogP contribution < -0.4 is 0 Å². The standard InChI is InChI=1S/3C23H15N3/c1-24-20-15-9-8-14-19(20)21-16-25-22(17-10-4-2-5-11-17)23(26-21)18-12-6-3-7-13-18;1-24-20-14-8-13-19(15-20)21-16-25-22(17-9-4-2-5-10-17)23(26-21)18-11-6-3-7-12-18;24-15-17-11-13-18(14-12-17)21-16-25-22(19-7-3-1-4-8-19)23(26-21)20-9-5-2-6-10-20/h2*2-16H;1-14,16H. The molecule has 366 valence electrons. The molecule has 0 unspecified atom stereocenters. The van der Waals surface area contributed by atoms with Gasteiger partial charge in [0.25, 0.3) is 0 Å². The molecular weight excluding hydrogens is 955 g/mol. The summed E-state index contributed by atoms with van der Waals surface area (Å²) >= 11 is 0. The third kappa shape index (κ3) is 11.9. The molecule has 12 aromatic rings. The van der Waals surface area contributed by atoms with Gasteiger partial charge in [0.15, 0.2) is 11.4 Å². The van der Waals surface area contributed by atoms with Crippen LogP contribution in [0.5, 0.6) is 0 Å². The fourth-order valence-corrected chi connectivity index (χ4v) is 8.63. The van der Waals surface area contributed by atoms with E-state index >= 15 is 0 Å². The van der Waals surface area contributed by atoms with Gasteiger partial charge in [0.2, 0.25) is 0 Å². The minimum Gasteiger partial charge on any atom is -0.252 e. The molecule has 0 aliphatic heterocycles. The lowest BCUT2D eigenvalue weighted by atomic mass is 10.0. The minimum atomic E-state index is 0.577. The molecular formula is C69H45N9. The number of para-hydroxylation sites is 1. The zero-order chi connectivity index (χ0) is 53.3. The first-order chi connectivity index (χ1) is 38.6. The highest BCUT2D eigenvalue weighted by atomic mass is 14.8. The molecule has 9 heteroatoms. The Hall–Kier alpha value is -11.3. The van der Waals surface area contributed by atoms with Crippen LogP contribution in [-0.2, 0) is 0 Å². The van der Waals surface area contributed by atoms with Gasteiger partial charge in [0, 0.05) is 44.5 Å². The maximum atomic E-state index is 8.98. The molecule has 3 heterocycles. The molecule has 0 bridgehead atoms. The second kappa shape index (κ2) is 24.6. The SMILES string of the molecule is N#Cc1ccc(-c2cnc(-c3ccccc3)c(-c3ccccc3)n2)cc1.[C-]#[N+]c1cccc(-c2cnc(-c3ccccc3)c(-c3ccccc3)n2)c1.[C-]#[N+]c1ccccc1-c1cnc(-c2ccccc2)c(-c2ccccc2)n1. The number of hydrogen-bond acceptors (Lipinski definition) is 7. The van der Waals surface area contributed by atoms with Gasteiger partial charge in [-0.1, -0.05) is 237 Å². The Kier molecular flexibility index (Phi) is 15.8. The second-order valence-corrected chi connectivity index (χ2v) is 17.5. The van der Waals surface area contributed by atoms with Crippen molar-refractivity contribution in [2.45, 2.75) is 0 Å². The van der Waals surface area contributed by atoms with Gasteiger partial charge in [-0.3, -0.25) is 15.0 Å². The van der Waals surface area contributed by atoms with Gasteiger partial charge in [0.05, 0.1) is 94.6 Å². The topological polar surface area (TPSA) is 110 Å². The van der Waals surface area contributed by atoms with Gasteiger partial charge < -0.3 is 0 Å². The van der Waals surface area contributed by atoms with Crippen LogP contribution in [0.3, 0.4) is 0 Å². The normalized spacial score (nSPS) is 10.3. The molecule has 78 heavy (non-hydrogen) atoms. The van der Waals surface area contributed by atoms with E-state index in [0.29, 0.717) is 22.6 Å². The van der Waals surface area contributed by atoms with Crippen LogP contribution in [0.2, 0.25) is 0 Å². The number of nitrogens with zero attached hydrogens (tertiary/aromatic N) is 9. The van der Waals surface area contributed by atoms with Crippen LogP contribution in [0.25, 0.3) is 111 Å². The molecule has 9 nitrogen and oxygen atoms in total. The lowest BCUT2D eigenvalue weighted by Gasteiger charge is -2.11. The number of nitriles is 1. The molecule has 0 saturated heterocycles. The number of hydrogen-bond donors (Lipinski definition) is 0. The van der Waals surface area contributed by atoms with Gasteiger partial charge in [-0.15, -0.1) is 0 Å². The molecule has 0 fully saturated rings. The van der Waals surface area contributed by atoms with Crippen LogP contribution in [0.1, 0.15) is 5.56 Å². The number of aromatic nitrogens is 6. The van der Waals surface area contributed by atoms with E-state index in [4.69, 9.17) is 48.3 Å². The highest BCUT2D eigenvalue weighted by molar-refractivity contribution is 5.84. The van der Waals surface area contributed by atoms with Crippen molar-refractivity contribution in [3.63, 3.8) is 0 Å². The molecule has 0 amide bonds. The van der Waals surface area contributed by atoms with Crippen LogP contribution in [0.4, 0.5) is 11.4 Å². The van der Waals surface area contributed by atoms with E-state index in [-0.39, 0.29) is 0 Å². The molecule has 12 rings (SSSR count). The van der Waals surface area contributed by atoms with E-state index in [2.05, 4.69) is 15.8 Å². The fraction of sp³-hybridized carbons (Fsp3) is 0. The Balaban J connectivity index is 0.000000132. The van der Waals surface area contributed by atoms with E-state index in [1.54, 1.807) is 42.9 Å². The predicted molar refractivity (Wildman–Crippen MR) is 312 cm³/mol. The molecule has 0 radical (unpaired) electrons. The van der Waals surface area contributed by atoms with E-state index in [9.17, 15) is 0 Å². The first-order valence-corrected chi connectivity index (χ1v) is 25.0. The first-order valence-electron chi connectivity index (χ1n) is 25.0. The quantitative estimate of drug-likeness (QED) is 0.132. The highest BCUT2D eigenvalue weighted by Gasteiger charge is 2.17. The smallest absolute Gasteiger partial charge is 0.196 e. The monoisotopic (exact) mass is 999 g/mol. The Morgan fingerprint density at radius 1 is 0.308 bits per heavy atom. The lowest BCUT2D eigenvalue weighted by Crippen LogP contribution is -1.96. The summed E-state index contributed by atoms with van der Waals surface area (Å²) in [5, 5.41) is 8.98. The van der Waals surface area contributed by atoms with Crippen molar-refractivity contribution in [1.82, 2.24) is 29.9 Å². The summed E-state index contributed by atoms with van der Waals surface area (Å²) in [5.41, 5.74) is 17.8. The molecule has 9 aromatic carbocycles. The van der Waals surface area contributed by atoms with Crippen molar-refractivity contribution < 1.29 is 0 Å². The lowest BCUT2D eigenvalue weighted by molar-refractivity contribution is 1.21. The van der Waals surface area contributed by atoms with Gasteiger partial charge in [-0.25, -0.2) is 24.6 Å². The van der Waals surface area contributed by atoms with Crippen molar-refractivity contribution >= 4 is 11.4 Å². The summed E-state index contributed by atoms with van der Waals surface area (Å²) in [6, 6.07) is 84.8. The summed E-state index contributed by atoms with van der Waals surface area (Å²) in [7, 11) is 0. The largest absolute Gasteiger partial charge is 0.252 e. The molecule has 0 N–H and O–H groups in total. The first kappa shape index (κ1) is 50.2. The van der Waals surface area contributed by atoms with Crippen molar-refractivity contribution in [3.05, 3.63) is 302 Å². The van der Waals surface area contributed by atoms with Gasteiger partial charge in [0.1, 0.15) is 0 Å². The Morgan fingerprint density at radius 2 is 0.654 bits per heavy atom. The maximum Gasteiger partial charge on any atom is 0.196 e. The van der Waals surface area contributed by atoms with Crippen LogP contribution in [0.15, 0.2) is 273 Å². The van der Waals surface area contributed by atoms with E-state index < -0.39 is 0 Å².